The van der Waals surface area contributed by atoms with Gasteiger partial charge in [0.25, 0.3) is 5.91 Å². The second-order valence-corrected chi connectivity index (χ2v) is 5.02. The van der Waals surface area contributed by atoms with Crippen molar-refractivity contribution >= 4 is 17.2 Å². The lowest BCUT2D eigenvalue weighted by atomic mass is 10.2. The van der Waals surface area contributed by atoms with Gasteiger partial charge in [-0.05, 0) is 12.0 Å². The van der Waals surface area contributed by atoms with Gasteiger partial charge in [0.1, 0.15) is 10.8 Å². The molecule has 102 valence electrons. The number of amides is 1. The van der Waals surface area contributed by atoms with Gasteiger partial charge in [0, 0.05) is 17.1 Å². The van der Waals surface area contributed by atoms with Crippen LogP contribution in [0.15, 0.2) is 35.8 Å². The van der Waals surface area contributed by atoms with Crippen molar-refractivity contribution in [1.82, 2.24) is 9.88 Å². The summed E-state index contributed by atoms with van der Waals surface area (Å²) in [5.74, 6) is 2.54. The monoisotopic (exact) mass is 286 g/mol. The van der Waals surface area contributed by atoms with Crippen LogP contribution >= 0.6 is 11.3 Å². The van der Waals surface area contributed by atoms with Crippen LogP contribution in [0.25, 0.3) is 0 Å². The van der Waals surface area contributed by atoms with Gasteiger partial charge in [0.05, 0.1) is 20.2 Å². The SMILES string of the molecule is C#CC(=O)N(Cc1nccs1)Cc1ccccc1OC. The van der Waals surface area contributed by atoms with Crippen LogP contribution in [0.2, 0.25) is 0 Å². The molecule has 0 bridgehead atoms. The van der Waals surface area contributed by atoms with Gasteiger partial charge < -0.3 is 9.64 Å². The van der Waals surface area contributed by atoms with E-state index in [1.165, 1.54) is 11.3 Å². The molecule has 0 aliphatic rings. The first kappa shape index (κ1) is 14.1. The average Bonchev–Trinajstić information content (AvgIpc) is 2.99. The minimum absolute atomic E-state index is 0.355. The molecule has 0 N–H and O–H groups in total. The number of hydrogen-bond donors (Lipinski definition) is 0. The topological polar surface area (TPSA) is 42.4 Å². The lowest BCUT2D eigenvalue weighted by Gasteiger charge is -2.20. The van der Waals surface area contributed by atoms with E-state index in [1.54, 1.807) is 18.2 Å². The number of carbonyl (C=O) groups is 1. The van der Waals surface area contributed by atoms with Crippen molar-refractivity contribution in [2.75, 3.05) is 7.11 Å². The van der Waals surface area contributed by atoms with Crippen LogP contribution in [0, 0.1) is 12.3 Å². The molecule has 0 saturated carbocycles. The molecule has 2 aromatic rings. The summed E-state index contributed by atoms with van der Waals surface area (Å²) < 4.78 is 5.29. The molecular formula is C15H14N2O2S. The third kappa shape index (κ3) is 3.37. The zero-order valence-corrected chi connectivity index (χ0v) is 11.9. The smallest absolute Gasteiger partial charge is 0.298 e. The first-order valence-electron chi connectivity index (χ1n) is 6.00. The first-order valence-corrected chi connectivity index (χ1v) is 6.88. The van der Waals surface area contributed by atoms with Gasteiger partial charge in [-0.15, -0.1) is 17.8 Å². The van der Waals surface area contributed by atoms with Crippen molar-refractivity contribution in [3.63, 3.8) is 0 Å². The largest absolute Gasteiger partial charge is 0.496 e. The predicted molar refractivity (Wildman–Crippen MR) is 78.2 cm³/mol. The molecule has 0 atom stereocenters. The minimum Gasteiger partial charge on any atom is -0.496 e. The van der Waals surface area contributed by atoms with E-state index in [0.29, 0.717) is 13.1 Å². The second-order valence-electron chi connectivity index (χ2n) is 4.04. The standard InChI is InChI=1S/C15H14N2O2S/c1-3-15(18)17(11-14-16-8-9-20-14)10-12-6-4-5-7-13(12)19-2/h1,4-9H,10-11H2,2H3. The maximum absolute atomic E-state index is 11.9. The Labute approximate surface area is 122 Å². The van der Waals surface area contributed by atoms with Gasteiger partial charge in [-0.3, -0.25) is 4.79 Å². The number of hydrogen-bond acceptors (Lipinski definition) is 4. The van der Waals surface area contributed by atoms with Gasteiger partial charge in [-0.1, -0.05) is 18.2 Å². The summed E-state index contributed by atoms with van der Waals surface area (Å²) in [7, 11) is 1.60. The van der Waals surface area contributed by atoms with E-state index in [2.05, 4.69) is 10.9 Å². The second kappa shape index (κ2) is 6.73. The first-order chi connectivity index (χ1) is 9.74. The molecule has 0 aliphatic carbocycles. The normalized spacial score (nSPS) is 9.80. The number of benzene rings is 1. The Bertz CT molecular complexity index is 617. The maximum atomic E-state index is 11.9. The Morgan fingerprint density at radius 2 is 2.25 bits per heavy atom. The third-order valence-electron chi connectivity index (χ3n) is 2.77. The van der Waals surface area contributed by atoms with Crippen LogP contribution < -0.4 is 4.74 Å². The molecule has 0 spiro atoms. The number of carbonyl (C=O) groups excluding carboxylic acids is 1. The van der Waals surface area contributed by atoms with Gasteiger partial charge in [0.15, 0.2) is 0 Å². The fourth-order valence-corrected chi connectivity index (χ4v) is 2.46. The van der Waals surface area contributed by atoms with Crippen molar-refractivity contribution in [2.45, 2.75) is 13.1 Å². The molecule has 1 amide bonds. The van der Waals surface area contributed by atoms with E-state index in [4.69, 9.17) is 11.2 Å². The molecule has 4 nitrogen and oxygen atoms in total. The van der Waals surface area contributed by atoms with Crippen LogP contribution in [0.5, 0.6) is 5.75 Å². The highest BCUT2D eigenvalue weighted by Crippen LogP contribution is 2.20. The highest BCUT2D eigenvalue weighted by atomic mass is 32.1. The Balaban J connectivity index is 2.19. The number of terminal acetylenes is 1. The van der Waals surface area contributed by atoms with E-state index in [1.807, 2.05) is 29.6 Å². The molecule has 0 saturated heterocycles. The van der Waals surface area contributed by atoms with E-state index in [0.717, 1.165) is 16.3 Å². The van der Waals surface area contributed by atoms with E-state index >= 15 is 0 Å². The Morgan fingerprint density at radius 1 is 1.45 bits per heavy atom. The van der Waals surface area contributed by atoms with Gasteiger partial charge in [-0.2, -0.15) is 0 Å². The lowest BCUT2D eigenvalue weighted by Crippen LogP contribution is -2.28. The number of aromatic nitrogens is 1. The van der Waals surface area contributed by atoms with Crippen LogP contribution in [-0.2, 0) is 17.9 Å². The number of ether oxygens (including phenoxy) is 1. The van der Waals surface area contributed by atoms with E-state index in [-0.39, 0.29) is 5.91 Å². The predicted octanol–water partition coefficient (Wildman–Crippen LogP) is 2.31. The molecular weight excluding hydrogens is 272 g/mol. The molecule has 0 fully saturated rings. The Morgan fingerprint density at radius 3 is 2.90 bits per heavy atom. The lowest BCUT2D eigenvalue weighted by molar-refractivity contribution is -0.126. The van der Waals surface area contributed by atoms with Crippen LogP contribution in [0.3, 0.4) is 0 Å². The summed E-state index contributed by atoms with van der Waals surface area (Å²) in [4.78, 5) is 17.6. The quantitative estimate of drug-likeness (QED) is 0.792. The fourth-order valence-electron chi connectivity index (χ4n) is 1.82. The fraction of sp³-hybridized carbons (Fsp3) is 0.200. The number of nitrogens with zero attached hydrogens (tertiary/aromatic N) is 2. The summed E-state index contributed by atoms with van der Waals surface area (Å²) in [6, 6.07) is 7.56. The summed E-state index contributed by atoms with van der Waals surface area (Å²) in [5, 5.41) is 2.72. The highest BCUT2D eigenvalue weighted by molar-refractivity contribution is 7.09. The Kier molecular flexibility index (Phi) is 4.75. The van der Waals surface area contributed by atoms with Crippen molar-refractivity contribution in [3.8, 4) is 18.1 Å². The van der Waals surface area contributed by atoms with Gasteiger partial charge >= 0.3 is 0 Å². The molecule has 20 heavy (non-hydrogen) atoms. The molecule has 0 aliphatic heterocycles. The number of para-hydroxylation sites is 1. The summed E-state index contributed by atoms with van der Waals surface area (Å²) in [6.07, 6.45) is 6.95. The molecule has 1 heterocycles. The zero-order valence-electron chi connectivity index (χ0n) is 11.1. The molecule has 2 rings (SSSR count). The Hall–Kier alpha value is -2.32. The van der Waals surface area contributed by atoms with Crippen LogP contribution in [-0.4, -0.2) is 22.9 Å². The summed E-state index contributed by atoms with van der Waals surface area (Å²) >= 11 is 1.49. The molecule has 1 aromatic carbocycles. The molecule has 0 radical (unpaired) electrons. The van der Waals surface area contributed by atoms with Crippen LogP contribution in [0.1, 0.15) is 10.6 Å². The number of rotatable bonds is 5. The van der Waals surface area contributed by atoms with E-state index < -0.39 is 0 Å². The van der Waals surface area contributed by atoms with Crippen LogP contribution in [0.4, 0.5) is 0 Å². The van der Waals surface area contributed by atoms with Crippen molar-refractivity contribution < 1.29 is 9.53 Å². The molecule has 1 aromatic heterocycles. The third-order valence-corrected chi connectivity index (χ3v) is 3.54. The zero-order chi connectivity index (χ0) is 14.4. The minimum atomic E-state index is -0.355. The number of thiazole rings is 1. The highest BCUT2D eigenvalue weighted by Gasteiger charge is 2.15. The summed E-state index contributed by atoms with van der Waals surface area (Å²) in [5.41, 5.74) is 0.912. The van der Waals surface area contributed by atoms with Crippen molar-refractivity contribution in [3.05, 3.63) is 46.4 Å². The molecule has 5 heteroatoms. The average molecular weight is 286 g/mol. The number of methoxy groups -OCH3 is 1. The maximum Gasteiger partial charge on any atom is 0.298 e. The van der Waals surface area contributed by atoms with Gasteiger partial charge in [-0.25, -0.2) is 4.98 Å². The van der Waals surface area contributed by atoms with Gasteiger partial charge in [0.2, 0.25) is 0 Å². The molecule has 0 unspecified atom stereocenters. The van der Waals surface area contributed by atoms with Crippen molar-refractivity contribution in [1.29, 1.82) is 0 Å². The summed E-state index contributed by atoms with van der Waals surface area (Å²) in [6.45, 7) is 0.797. The van der Waals surface area contributed by atoms with E-state index in [9.17, 15) is 4.79 Å². The van der Waals surface area contributed by atoms with Crippen molar-refractivity contribution in [2.24, 2.45) is 0 Å².